The molecule has 1 nitrogen and oxygen atoms in total. The molecule has 0 spiro atoms. The maximum atomic E-state index is 8.66. The topological polar surface area (TPSA) is 23.8 Å². The Morgan fingerprint density at radius 2 is 2.15 bits per heavy atom. The zero-order valence-corrected chi connectivity index (χ0v) is 9.21. The summed E-state index contributed by atoms with van der Waals surface area (Å²) < 4.78 is 0. The van der Waals surface area contributed by atoms with E-state index in [1.54, 1.807) is 0 Å². The first-order valence-corrected chi connectivity index (χ1v) is 5.42. The standard InChI is InChI=1S/C11H12BrN/c1-9(8-13)5-10-3-2-4-11(6-10)7-12/h2-4,6,9H,5,7H2,1H3. The molecule has 0 aliphatic rings. The molecular formula is C11H12BrN. The number of nitriles is 1. The molecule has 1 aromatic carbocycles. The van der Waals surface area contributed by atoms with Gasteiger partial charge in [-0.25, -0.2) is 0 Å². The molecule has 0 aromatic heterocycles. The lowest BCUT2D eigenvalue weighted by Crippen LogP contribution is -1.96. The van der Waals surface area contributed by atoms with E-state index >= 15 is 0 Å². The normalized spacial score (nSPS) is 12.1. The minimum Gasteiger partial charge on any atom is -0.198 e. The Morgan fingerprint density at radius 1 is 1.46 bits per heavy atom. The number of hydrogen-bond acceptors (Lipinski definition) is 1. The molecule has 68 valence electrons. The Bertz CT molecular complexity index is 314. The van der Waals surface area contributed by atoms with Gasteiger partial charge in [-0.1, -0.05) is 40.2 Å². The van der Waals surface area contributed by atoms with Crippen LogP contribution in [0.1, 0.15) is 18.1 Å². The van der Waals surface area contributed by atoms with Crippen molar-refractivity contribution in [1.82, 2.24) is 0 Å². The molecule has 1 atom stereocenters. The second-order valence-electron chi connectivity index (χ2n) is 3.19. The Hall–Kier alpha value is -0.810. The van der Waals surface area contributed by atoms with Gasteiger partial charge in [0.1, 0.15) is 0 Å². The first-order chi connectivity index (χ1) is 6.26. The van der Waals surface area contributed by atoms with Gasteiger partial charge in [0.2, 0.25) is 0 Å². The number of nitrogens with zero attached hydrogens (tertiary/aromatic N) is 1. The minimum absolute atomic E-state index is 0.102. The van der Waals surface area contributed by atoms with Gasteiger partial charge in [0.05, 0.1) is 6.07 Å². The molecule has 13 heavy (non-hydrogen) atoms. The molecule has 0 N–H and O–H groups in total. The molecule has 0 heterocycles. The molecule has 0 aliphatic carbocycles. The van der Waals surface area contributed by atoms with E-state index < -0.39 is 0 Å². The first-order valence-electron chi connectivity index (χ1n) is 4.29. The average Bonchev–Trinajstić information content (AvgIpc) is 2.18. The van der Waals surface area contributed by atoms with Crippen LogP contribution in [0.25, 0.3) is 0 Å². The van der Waals surface area contributed by atoms with E-state index in [0.717, 1.165) is 11.8 Å². The molecule has 2 heteroatoms. The predicted octanol–water partition coefficient (Wildman–Crippen LogP) is 3.28. The molecular weight excluding hydrogens is 226 g/mol. The second kappa shape index (κ2) is 5.04. The predicted molar refractivity (Wildman–Crippen MR) is 57.6 cm³/mol. The molecule has 0 amide bonds. The van der Waals surface area contributed by atoms with Crippen molar-refractivity contribution in [3.8, 4) is 6.07 Å². The zero-order valence-electron chi connectivity index (χ0n) is 7.63. The Morgan fingerprint density at radius 3 is 2.77 bits per heavy atom. The number of hydrogen-bond donors (Lipinski definition) is 0. The highest BCUT2D eigenvalue weighted by molar-refractivity contribution is 9.08. The van der Waals surface area contributed by atoms with Crippen LogP contribution in [-0.2, 0) is 11.8 Å². The summed E-state index contributed by atoms with van der Waals surface area (Å²) in [5, 5.41) is 9.54. The Kier molecular flexibility index (Phi) is 3.98. The summed E-state index contributed by atoms with van der Waals surface area (Å²) in [6.07, 6.45) is 0.845. The summed E-state index contributed by atoms with van der Waals surface area (Å²) in [5.74, 6) is 0.102. The minimum atomic E-state index is 0.102. The molecule has 0 saturated carbocycles. The van der Waals surface area contributed by atoms with Gasteiger partial charge in [-0.15, -0.1) is 0 Å². The van der Waals surface area contributed by atoms with Crippen molar-refractivity contribution >= 4 is 15.9 Å². The summed E-state index contributed by atoms with van der Waals surface area (Å²) in [6, 6.07) is 10.6. The largest absolute Gasteiger partial charge is 0.198 e. The molecule has 1 rings (SSSR count). The smallest absolute Gasteiger partial charge is 0.0656 e. The third kappa shape index (κ3) is 3.20. The molecule has 0 bridgehead atoms. The van der Waals surface area contributed by atoms with Crippen LogP contribution in [0.4, 0.5) is 0 Å². The monoisotopic (exact) mass is 237 g/mol. The van der Waals surface area contributed by atoms with Gasteiger partial charge in [0.25, 0.3) is 0 Å². The van der Waals surface area contributed by atoms with Crippen LogP contribution in [0, 0.1) is 17.2 Å². The molecule has 0 saturated heterocycles. The lowest BCUT2D eigenvalue weighted by Gasteiger charge is -2.03. The van der Waals surface area contributed by atoms with Crippen LogP contribution < -0.4 is 0 Å². The Balaban J connectivity index is 2.73. The fourth-order valence-electron chi connectivity index (χ4n) is 1.24. The highest BCUT2D eigenvalue weighted by Crippen LogP contribution is 2.12. The summed E-state index contributed by atoms with van der Waals surface area (Å²) in [7, 11) is 0. The first kappa shape index (κ1) is 10.3. The zero-order chi connectivity index (χ0) is 9.68. The fourth-order valence-corrected chi connectivity index (χ4v) is 1.59. The van der Waals surface area contributed by atoms with Crippen LogP contribution in [0.2, 0.25) is 0 Å². The maximum absolute atomic E-state index is 8.66. The van der Waals surface area contributed by atoms with Crippen LogP contribution in [-0.4, -0.2) is 0 Å². The van der Waals surface area contributed by atoms with E-state index in [2.05, 4.69) is 40.2 Å². The third-order valence-electron chi connectivity index (χ3n) is 1.91. The number of benzene rings is 1. The van der Waals surface area contributed by atoms with E-state index in [4.69, 9.17) is 5.26 Å². The number of alkyl halides is 1. The van der Waals surface area contributed by atoms with Gasteiger partial charge in [0, 0.05) is 11.2 Å². The van der Waals surface area contributed by atoms with E-state index in [1.165, 1.54) is 11.1 Å². The van der Waals surface area contributed by atoms with Crippen LogP contribution in [0.15, 0.2) is 24.3 Å². The van der Waals surface area contributed by atoms with Crippen molar-refractivity contribution in [2.24, 2.45) is 5.92 Å². The Labute approximate surface area is 87.5 Å². The van der Waals surface area contributed by atoms with Gasteiger partial charge < -0.3 is 0 Å². The van der Waals surface area contributed by atoms with Gasteiger partial charge in [0.15, 0.2) is 0 Å². The average molecular weight is 238 g/mol. The van der Waals surface area contributed by atoms with E-state index in [0.29, 0.717) is 0 Å². The maximum Gasteiger partial charge on any atom is 0.0656 e. The van der Waals surface area contributed by atoms with Crippen molar-refractivity contribution < 1.29 is 0 Å². The molecule has 0 radical (unpaired) electrons. The number of rotatable bonds is 3. The molecule has 1 aromatic rings. The van der Waals surface area contributed by atoms with Crippen LogP contribution in [0.3, 0.4) is 0 Å². The molecule has 0 fully saturated rings. The van der Waals surface area contributed by atoms with E-state index in [1.807, 2.05) is 13.0 Å². The van der Waals surface area contributed by atoms with Crippen molar-refractivity contribution in [3.05, 3.63) is 35.4 Å². The summed E-state index contributed by atoms with van der Waals surface area (Å²) in [6.45, 7) is 1.95. The summed E-state index contributed by atoms with van der Waals surface area (Å²) in [5.41, 5.74) is 2.51. The lowest BCUT2D eigenvalue weighted by molar-refractivity contribution is 0.738. The SMILES string of the molecule is CC(C#N)Cc1cccc(CBr)c1. The van der Waals surface area contributed by atoms with Gasteiger partial charge in [-0.2, -0.15) is 5.26 Å². The second-order valence-corrected chi connectivity index (χ2v) is 3.75. The van der Waals surface area contributed by atoms with Crippen LogP contribution >= 0.6 is 15.9 Å². The van der Waals surface area contributed by atoms with Crippen LogP contribution in [0.5, 0.6) is 0 Å². The van der Waals surface area contributed by atoms with Gasteiger partial charge >= 0.3 is 0 Å². The molecule has 1 unspecified atom stereocenters. The fraction of sp³-hybridized carbons (Fsp3) is 0.364. The highest BCUT2D eigenvalue weighted by atomic mass is 79.9. The van der Waals surface area contributed by atoms with E-state index in [9.17, 15) is 0 Å². The quantitative estimate of drug-likeness (QED) is 0.741. The van der Waals surface area contributed by atoms with Crippen molar-refractivity contribution in [2.45, 2.75) is 18.7 Å². The molecule has 0 aliphatic heterocycles. The van der Waals surface area contributed by atoms with E-state index in [-0.39, 0.29) is 5.92 Å². The van der Waals surface area contributed by atoms with Gasteiger partial charge in [-0.05, 0) is 24.5 Å². The summed E-state index contributed by atoms with van der Waals surface area (Å²) in [4.78, 5) is 0. The summed E-state index contributed by atoms with van der Waals surface area (Å²) >= 11 is 3.41. The number of halogens is 1. The highest BCUT2D eigenvalue weighted by Gasteiger charge is 2.01. The van der Waals surface area contributed by atoms with Crippen molar-refractivity contribution in [3.63, 3.8) is 0 Å². The van der Waals surface area contributed by atoms with Gasteiger partial charge in [-0.3, -0.25) is 0 Å². The third-order valence-corrected chi connectivity index (χ3v) is 2.56. The van der Waals surface area contributed by atoms with Crippen molar-refractivity contribution in [2.75, 3.05) is 0 Å². The van der Waals surface area contributed by atoms with Crippen molar-refractivity contribution in [1.29, 1.82) is 5.26 Å². The lowest BCUT2D eigenvalue weighted by atomic mass is 10.0.